The van der Waals surface area contributed by atoms with Crippen molar-refractivity contribution in [2.24, 2.45) is 5.73 Å². The number of aliphatic carboxylic acids is 1. The van der Waals surface area contributed by atoms with Gasteiger partial charge >= 0.3 is 5.97 Å². The Morgan fingerprint density at radius 2 is 2.16 bits per heavy atom. The topological polar surface area (TPSA) is 102 Å². The molecule has 0 aliphatic carbocycles. The first-order chi connectivity index (χ1) is 9.06. The van der Waals surface area contributed by atoms with Crippen LogP contribution in [0.15, 0.2) is 30.5 Å². The van der Waals surface area contributed by atoms with E-state index in [0.717, 1.165) is 5.69 Å². The highest BCUT2D eigenvalue weighted by molar-refractivity contribution is 5.67. The lowest BCUT2D eigenvalue weighted by Crippen LogP contribution is -2.18. The van der Waals surface area contributed by atoms with E-state index in [1.54, 1.807) is 12.3 Å². The second-order valence-corrected chi connectivity index (χ2v) is 4.17. The fourth-order valence-corrected chi connectivity index (χ4v) is 1.68. The average molecular weight is 258 g/mol. The van der Waals surface area contributed by atoms with E-state index in [-0.39, 0.29) is 6.42 Å². The van der Waals surface area contributed by atoms with Gasteiger partial charge in [0.25, 0.3) is 0 Å². The van der Waals surface area contributed by atoms with E-state index in [1.807, 2.05) is 25.1 Å². The molecule has 6 heteroatoms. The number of carboxylic acid groups (broad SMARTS) is 1. The largest absolute Gasteiger partial charge is 0.481 e. The highest BCUT2D eigenvalue weighted by Crippen LogP contribution is 2.18. The van der Waals surface area contributed by atoms with Gasteiger partial charge in [-0.05, 0) is 25.1 Å². The smallest absolute Gasteiger partial charge is 0.305 e. The Kier molecular flexibility index (Phi) is 3.82. The number of rotatable bonds is 4. The molecule has 0 aliphatic rings. The first-order valence-electron chi connectivity index (χ1n) is 5.80. The summed E-state index contributed by atoms with van der Waals surface area (Å²) in [7, 11) is 0. The Morgan fingerprint density at radius 3 is 2.79 bits per heavy atom. The molecule has 0 spiro atoms. The highest BCUT2D eigenvalue weighted by Gasteiger charge is 2.15. The zero-order valence-electron chi connectivity index (χ0n) is 10.4. The fraction of sp³-hybridized carbons (Fsp3) is 0.231. The van der Waals surface area contributed by atoms with Crippen molar-refractivity contribution in [3.8, 4) is 11.4 Å². The molecule has 2 aromatic heterocycles. The summed E-state index contributed by atoms with van der Waals surface area (Å²) in [5.41, 5.74) is 7.86. The average Bonchev–Trinajstić information content (AvgIpc) is 2.38. The fourth-order valence-electron chi connectivity index (χ4n) is 1.68. The van der Waals surface area contributed by atoms with Gasteiger partial charge < -0.3 is 10.8 Å². The number of hydrogen-bond donors (Lipinski definition) is 2. The minimum absolute atomic E-state index is 0.203. The molecule has 0 saturated heterocycles. The van der Waals surface area contributed by atoms with Crippen molar-refractivity contribution >= 4 is 5.97 Å². The predicted octanol–water partition coefficient (Wildman–Crippen LogP) is 1.32. The molecule has 6 nitrogen and oxygen atoms in total. The van der Waals surface area contributed by atoms with Crippen molar-refractivity contribution < 1.29 is 9.90 Å². The number of carboxylic acids is 1. The summed E-state index contributed by atoms with van der Waals surface area (Å²) in [6, 6.07) is 6.57. The maximum absolute atomic E-state index is 10.7. The molecular weight excluding hydrogens is 244 g/mol. The molecule has 3 N–H and O–H groups in total. The van der Waals surface area contributed by atoms with Gasteiger partial charge in [0.1, 0.15) is 5.82 Å². The van der Waals surface area contributed by atoms with E-state index in [4.69, 9.17) is 10.8 Å². The van der Waals surface area contributed by atoms with Gasteiger partial charge in [-0.15, -0.1) is 0 Å². The van der Waals surface area contributed by atoms with E-state index in [9.17, 15) is 4.79 Å². The van der Waals surface area contributed by atoms with Crippen LogP contribution in [0.2, 0.25) is 0 Å². The van der Waals surface area contributed by atoms with Crippen LogP contribution in [-0.2, 0) is 4.79 Å². The van der Waals surface area contributed by atoms with Gasteiger partial charge in [-0.1, -0.05) is 6.07 Å². The van der Waals surface area contributed by atoms with Crippen molar-refractivity contribution in [1.82, 2.24) is 15.0 Å². The number of aromatic nitrogens is 3. The Labute approximate surface area is 110 Å². The van der Waals surface area contributed by atoms with Gasteiger partial charge in [0.2, 0.25) is 0 Å². The molecule has 2 heterocycles. The SMILES string of the molecule is Cc1cc(-c2ccccn2)nc(C(N)CC(=O)O)n1. The van der Waals surface area contributed by atoms with E-state index < -0.39 is 12.0 Å². The summed E-state index contributed by atoms with van der Waals surface area (Å²) in [6.07, 6.45) is 1.47. The Bertz CT molecular complexity index is 586. The van der Waals surface area contributed by atoms with Crippen LogP contribution in [0, 0.1) is 6.92 Å². The quantitative estimate of drug-likeness (QED) is 0.857. The zero-order chi connectivity index (χ0) is 13.8. The minimum atomic E-state index is -0.975. The Morgan fingerprint density at radius 1 is 1.37 bits per heavy atom. The predicted molar refractivity (Wildman–Crippen MR) is 69.2 cm³/mol. The Balaban J connectivity index is 2.37. The molecule has 1 unspecified atom stereocenters. The number of nitrogens with zero attached hydrogens (tertiary/aromatic N) is 3. The van der Waals surface area contributed by atoms with E-state index in [1.165, 1.54) is 0 Å². The first kappa shape index (κ1) is 13.1. The molecule has 0 aromatic carbocycles. The van der Waals surface area contributed by atoms with Gasteiger partial charge in [0.15, 0.2) is 0 Å². The third-order valence-electron chi connectivity index (χ3n) is 2.53. The molecule has 0 saturated carbocycles. The van der Waals surface area contributed by atoms with Crippen LogP contribution in [0.5, 0.6) is 0 Å². The van der Waals surface area contributed by atoms with E-state index in [0.29, 0.717) is 17.2 Å². The first-order valence-corrected chi connectivity index (χ1v) is 5.80. The third-order valence-corrected chi connectivity index (χ3v) is 2.53. The molecule has 1 atom stereocenters. The Hall–Kier alpha value is -2.34. The van der Waals surface area contributed by atoms with Crippen LogP contribution in [-0.4, -0.2) is 26.0 Å². The molecule has 0 radical (unpaired) electrons. The molecule has 0 fully saturated rings. The molecular formula is C13H14N4O2. The van der Waals surface area contributed by atoms with Gasteiger partial charge in [0, 0.05) is 11.9 Å². The van der Waals surface area contributed by atoms with Crippen LogP contribution in [0.4, 0.5) is 0 Å². The molecule has 0 bridgehead atoms. The summed E-state index contributed by atoms with van der Waals surface area (Å²) in [4.78, 5) is 23.4. The van der Waals surface area contributed by atoms with Crippen LogP contribution in [0.3, 0.4) is 0 Å². The van der Waals surface area contributed by atoms with Crippen molar-refractivity contribution in [3.63, 3.8) is 0 Å². The lowest BCUT2D eigenvalue weighted by atomic mass is 10.2. The summed E-state index contributed by atoms with van der Waals surface area (Å²) in [5, 5.41) is 8.75. The van der Waals surface area contributed by atoms with Crippen LogP contribution in [0.25, 0.3) is 11.4 Å². The number of hydrogen-bond acceptors (Lipinski definition) is 5. The minimum Gasteiger partial charge on any atom is -0.481 e. The second-order valence-electron chi connectivity index (χ2n) is 4.17. The number of aryl methyl sites for hydroxylation is 1. The van der Waals surface area contributed by atoms with Gasteiger partial charge in [-0.2, -0.15) is 0 Å². The van der Waals surface area contributed by atoms with Crippen molar-refractivity contribution in [3.05, 3.63) is 42.0 Å². The van der Waals surface area contributed by atoms with Crippen LogP contribution in [0.1, 0.15) is 24.0 Å². The van der Waals surface area contributed by atoms with Gasteiger partial charge in [0.05, 0.1) is 23.9 Å². The van der Waals surface area contributed by atoms with Crippen molar-refractivity contribution in [2.75, 3.05) is 0 Å². The maximum Gasteiger partial charge on any atom is 0.305 e. The zero-order valence-corrected chi connectivity index (χ0v) is 10.4. The van der Waals surface area contributed by atoms with Gasteiger partial charge in [-0.3, -0.25) is 9.78 Å². The normalized spacial score (nSPS) is 12.1. The molecule has 98 valence electrons. The van der Waals surface area contributed by atoms with Crippen LogP contribution < -0.4 is 5.73 Å². The van der Waals surface area contributed by atoms with Crippen LogP contribution >= 0.6 is 0 Å². The number of nitrogens with two attached hydrogens (primary N) is 1. The van der Waals surface area contributed by atoms with Crippen molar-refractivity contribution in [1.29, 1.82) is 0 Å². The lowest BCUT2D eigenvalue weighted by molar-refractivity contribution is -0.137. The molecule has 0 amide bonds. The molecule has 2 aromatic rings. The van der Waals surface area contributed by atoms with E-state index >= 15 is 0 Å². The summed E-state index contributed by atoms with van der Waals surface area (Å²) in [5.74, 6) is -0.653. The monoisotopic (exact) mass is 258 g/mol. The highest BCUT2D eigenvalue weighted by atomic mass is 16.4. The number of carbonyl (C=O) groups is 1. The summed E-state index contributed by atoms with van der Waals surface area (Å²) >= 11 is 0. The maximum atomic E-state index is 10.7. The summed E-state index contributed by atoms with van der Waals surface area (Å²) in [6.45, 7) is 1.81. The van der Waals surface area contributed by atoms with Gasteiger partial charge in [-0.25, -0.2) is 9.97 Å². The third kappa shape index (κ3) is 3.32. The molecule has 19 heavy (non-hydrogen) atoms. The van der Waals surface area contributed by atoms with E-state index in [2.05, 4.69) is 15.0 Å². The summed E-state index contributed by atoms with van der Waals surface area (Å²) < 4.78 is 0. The number of pyridine rings is 1. The van der Waals surface area contributed by atoms with Crippen molar-refractivity contribution in [2.45, 2.75) is 19.4 Å². The molecule has 2 rings (SSSR count). The molecule has 0 aliphatic heterocycles. The lowest BCUT2D eigenvalue weighted by Gasteiger charge is -2.10. The standard InChI is InChI=1S/C13H14N4O2/c1-8-6-11(10-4-2-3-5-15-10)17-13(16-8)9(14)7-12(18)19/h2-6,9H,7,14H2,1H3,(H,18,19). The second kappa shape index (κ2) is 5.53.